The van der Waals surface area contributed by atoms with Gasteiger partial charge in [0.1, 0.15) is 11.5 Å². The maximum absolute atomic E-state index is 10.6. The van der Waals surface area contributed by atoms with Crippen LogP contribution in [0.15, 0.2) is 12.1 Å². The van der Waals surface area contributed by atoms with E-state index in [4.69, 9.17) is 0 Å². The van der Waals surface area contributed by atoms with Gasteiger partial charge in [0.15, 0.2) is 0 Å². The summed E-state index contributed by atoms with van der Waals surface area (Å²) in [6.45, 7) is 9.77. The van der Waals surface area contributed by atoms with E-state index in [9.17, 15) is 10.2 Å². The Morgan fingerprint density at radius 1 is 1.00 bits per heavy atom. The lowest BCUT2D eigenvalue weighted by molar-refractivity contribution is -0.112. The van der Waals surface area contributed by atoms with Crippen LogP contribution < -0.4 is 5.32 Å². The molecule has 3 heteroatoms. The van der Waals surface area contributed by atoms with Gasteiger partial charge in [-0.15, -0.1) is 0 Å². The van der Waals surface area contributed by atoms with E-state index in [1.165, 1.54) is 30.9 Å². The third-order valence-corrected chi connectivity index (χ3v) is 8.61. The molecule has 3 N–H and O–H groups in total. The molecule has 1 aromatic rings. The zero-order valence-corrected chi connectivity index (χ0v) is 16.3. The Morgan fingerprint density at radius 2 is 1.72 bits per heavy atom. The summed E-state index contributed by atoms with van der Waals surface area (Å²) in [6.07, 6.45) is 5.79. The van der Waals surface area contributed by atoms with E-state index in [0.29, 0.717) is 23.6 Å². The zero-order chi connectivity index (χ0) is 18.2. The first-order valence-corrected chi connectivity index (χ1v) is 9.87. The fourth-order valence-electron chi connectivity index (χ4n) is 7.54. The maximum atomic E-state index is 10.6. The minimum atomic E-state index is 0.0287. The molecule has 1 aromatic carbocycles. The van der Waals surface area contributed by atoms with Crippen molar-refractivity contribution in [2.75, 3.05) is 7.05 Å². The van der Waals surface area contributed by atoms with Crippen molar-refractivity contribution in [3.63, 3.8) is 0 Å². The van der Waals surface area contributed by atoms with Crippen molar-refractivity contribution in [3.05, 3.63) is 23.3 Å². The molecule has 0 aliphatic heterocycles. The van der Waals surface area contributed by atoms with Gasteiger partial charge in [-0.25, -0.2) is 0 Å². The number of fused-ring (bicyclic) bond motifs is 5. The standard InChI is InChI=1S/C22H33NO2/c1-20(2)16-6-8-22(4)17(21(16,3)9-7-18(20)23-5)11-13-10-14(24)12-15(25)19(13)22/h10,12,16-18,23-25H,6-9,11H2,1-5H3/t16-,17+,18-,21-,22+/m0/s1. The molecule has 0 bridgehead atoms. The quantitative estimate of drug-likeness (QED) is 0.710. The van der Waals surface area contributed by atoms with E-state index in [2.05, 4.69) is 40.1 Å². The van der Waals surface area contributed by atoms with Crippen molar-refractivity contribution in [2.24, 2.45) is 22.7 Å². The van der Waals surface area contributed by atoms with E-state index in [0.717, 1.165) is 18.4 Å². The molecule has 25 heavy (non-hydrogen) atoms. The molecular weight excluding hydrogens is 310 g/mol. The van der Waals surface area contributed by atoms with Crippen LogP contribution in [-0.4, -0.2) is 23.3 Å². The number of hydrogen-bond donors (Lipinski definition) is 3. The highest BCUT2D eigenvalue weighted by molar-refractivity contribution is 5.54. The van der Waals surface area contributed by atoms with Crippen LogP contribution in [0.4, 0.5) is 0 Å². The van der Waals surface area contributed by atoms with Gasteiger partial charge in [-0.05, 0) is 73.4 Å². The molecule has 4 rings (SSSR count). The summed E-state index contributed by atoms with van der Waals surface area (Å²) < 4.78 is 0. The van der Waals surface area contributed by atoms with Gasteiger partial charge < -0.3 is 15.5 Å². The van der Waals surface area contributed by atoms with Crippen molar-refractivity contribution >= 4 is 0 Å². The van der Waals surface area contributed by atoms with Crippen LogP contribution in [-0.2, 0) is 11.8 Å². The summed E-state index contributed by atoms with van der Waals surface area (Å²) in [7, 11) is 2.11. The van der Waals surface area contributed by atoms with Gasteiger partial charge in [-0.2, -0.15) is 0 Å². The summed E-state index contributed by atoms with van der Waals surface area (Å²) in [6, 6.07) is 4.00. The van der Waals surface area contributed by atoms with Crippen molar-refractivity contribution in [2.45, 2.75) is 71.3 Å². The van der Waals surface area contributed by atoms with Crippen LogP contribution in [0.1, 0.15) is 64.5 Å². The lowest BCUT2D eigenvalue weighted by Crippen LogP contribution is -2.61. The number of benzene rings is 1. The lowest BCUT2D eigenvalue weighted by Gasteiger charge is -2.63. The van der Waals surface area contributed by atoms with E-state index >= 15 is 0 Å². The molecule has 0 radical (unpaired) electrons. The van der Waals surface area contributed by atoms with Crippen LogP contribution in [0, 0.1) is 22.7 Å². The Bertz CT molecular complexity index is 712. The molecule has 138 valence electrons. The van der Waals surface area contributed by atoms with Gasteiger partial charge in [0, 0.05) is 23.1 Å². The van der Waals surface area contributed by atoms with E-state index in [1.54, 1.807) is 0 Å². The number of phenols is 2. The van der Waals surface area contributed by atoms with Crippen LogP contribution in [0.3, 0.4) is 0 Å². The molecule has 2 saturated carbocycles. The number of hydrogen-bond acceptors (Lipinski definition) is 3. The molecule has 0 saturated heterocycles. The van der Waals surface area contributed by atoms with Gasteiger partial charge in [0.05, 0.1) is 0 Å². The first-order chi connectivity index (χ1) is 11.6. The fourth-order valence-corrected chi connectivity index (χ4v) is 7.54. The molecule has 2 fully saturated rings. The van der Waals surface area contributed by atoms with Crippen molar-refractivity contribution < 1.29 is 10.2 Å². The second-order valence-corrected chi connectivity index (χ2v) is 9.97. The Hall–Kier alpha value is -1.22. The molecule has 0 spiro atoms. The molecular formula is C22H33NO2. The highest BCUT2D eigenvalue weighted by Gasteiger charge is 2.63. The molecule has 3 nitrogen and oxygen atoms in total. The highest BCUT2D eigenvalue weighted by Crippen LogP contribution is 2.68. The van der Waals surface area contributed by atoms with E-state index in [-0.39, 0.29) is 22.0 Å². The Labute approximate surface area is 151 Å². The Morgan fingerprint density at radius 3 is 2.40 bits per heavy atom. The molecule has 0 unspecified atom stereocenters. The average molecular weight is 344 g/mol. The Balaban J connectivity index is 1.80. The maximum Gasteiger partial charge on any atom is 0.123 e. The van der Waals surface area contributed by atoms with Gasteiger partial charge in [-0.3, -0.25) is 0 Å². The summed E-state index contributed by atoms with van der Waals surface area (Å²) in [4.78, 5) is 0. The van der Waals surface area contributed by atoms with Crippen molar-refractivity contribution in [1.29, 1.82) is 0 Å². The third-order valence-electron chi connectivity index (χ3n) is 8.61. The number of nitrogens with one attached hydrogen (secondary N) is 1. The summed E-state index contributed by atoms with van der Waals surface area (Å²) in [5.41, 5.74) is 2.87. The smallest absolute Gasteiger partial charge is 0.123 e. The van der Waals surface area contributed by atoms with Crippen molar-refractivity contribution in [1.82, 2.24) is 5.32 Å². The molecule has 5 atom stereocenters. The first-order valence-electron chi connectivity index (χ1n) is 9.87. The fraction of sp³-hybridized carbons (Fsp3) is 0.727. The van der Waals surface area contributed by atoms with Crippen LogP contribution in [0.5, 0.6) is 11.5 Å². The van der Waals surface area contributed by atoms with Crippen molar-refractivity contribution in [3.8, 4) is 11.5 Å². The predicted molar refractivity (Wildman–Crippen MR) is 101 cm³/mol. The van der Waals surface area contributed by atoms with Gasteiger partial charge in [-0.1, -0.05) is 27.7 Å². The Kier molecular flexibility index (Phi) is 3.55. The number of phenolic OH excluding ortho intramolecular Hbond substituents is 2. The normalized spacial score (nSPS) is 41.7. The van der Waals surface area contributed by atoms with E-state index < -0.39 is 0 Å². The second kappa shape index (κ2) is 5.16. The summed E-state index contributed by atoms with van der Waals surface area (Å²) in [5.74, 6) is 1.72. The highest BCUT2D eigenvalue weighted by atomic mass is 16.3. The minimum absolute atomic E-state index is 0.0287. The average Bonchev–Trinajstić information content (AvgIpc) is 2.80. The summed E-state index contributed by atoms with van der Waals surface area (Å²) in [5, 5.41) is 24.2. The number of aromatic hydroxyl groups is 2. The molecule has 3 aliphatic rings. The minimum Gasteiger partial charge on any atom is -0.508 e. The van der Waals surface area contributed by atoms with Gasteiger partial charge in [0.2, 0.25) is 0 Å². The number of rotatable bonds is 1. The monoisotopic (exact) mass is 343 g/mol. The van der Waals surface area contributed by atoms with Gasteiger partial charge in [0.25, 0.3) is 0 Å². The van der Waals surface area contributed by atoms with E-state index in [1.807, 2.05) is 6.07 Å². The van der Waals surface area contributed by atoms with Crippen LogP contribution in [0.2, 0.25) is 0 Å². The largest absolute Gasteiger partial charge is 0.508 e. The lowest BCUT2D eigenvalue weighted by atomic mass is 9.42. The SMILES string of the molecule is CN[C@H]1CC[C@]2(C)[C@H]3Cc4cc(O)cc(O)c4[C@]3(C)CC[C@H]2C1(C)C. The second-order valence-electron chi connectivity index (χ2n) is 9.97. The zero-order valence-electron chi connectivity index (χ0n) is 16.3. The first kappa shape index (κ1) is 17.2. The predicted octanol–water partition coefficient (Wildman–Crippen LogP) is 4.35. The molecule has 3 aliphatic carbocycles. The molecule has 0 heterocycles. The summed E-state index contributed by atoms with van der Waals surface area (Å²) >= 11 is 0. The third kappa shape index (κ3) is 2.08. The molecule has 0 aromatic heterocycles. The topological polar surface area (TPSA) is 52.5 Å². The van der Waals surface area contributed by atoms with Crippen LogP contribution in [0.25, 0.3) is 0 Å². The van der Waals surface area contributed by atoms with Gasteiger partial charge >= 0.3 is 0 Å². The van der Waals surface area contributed by atoms with Crippen LogP contribution >= 0.6 is 0 Å². The molecule has 0 amide bonds.